The minimum Gasteiger partial charge on any atom is -0.393 e. The Morgan fingerprint density at radius 1 is 1.75 bits per heavy atom. The van der Waals surface area contributed by atoms with E-state index in [-0.39, 0.29) is 6.10 Å². The van der Waals surface area contributed by atoms with Gasteiger partial charge in [-0.15, -0.1) is 11.3 Å². The number of methoxy groups -OCH3 is 1. The normalized spacial score (nSPS) is 13.2. The number of rotatable bonds is 4. The molecule has 3 nitrogen and oxygen atoms in total. The van der Waals surface area contributed by atoms with E-state index < -0.39 is 0 Å². The van der Waals surface area contributed by atoms with Crippen LogP contribution in [-0.4, -0.2) is 23.3 Å². The third kappa shape index (κ3) is 2.89. The molecule has 0 amide bonds. The van der Waals surface area contributed by atoms with Crippen LogP contribution in [0.1, 0.15) is 17.6 Å². The molecule has 1 unspecified atom stereocenters. The van der Waals surface area contributed by atoms with Gasteiger partial charge in [0.1, 0.15) is 5.01 Å². The second kappa shape index (κ2) is 4.54. The molecule has 4 heteroatoms. The summed E-state index contributed by atoms with van der Waals surface area (Å²) < 4.78 is 4.93. The Bertz CT molecular complexity index is 235. The molecule has 0 aliphatic rings. The van der Waals surface area contributed by atoms with Crippen LogP contribution in [0.5, 0.6) is 0 Å². The summed E-state index contributed by atoms with van der Waals surface area (Å²) in [5.74, 6) is 0. The Kier molecular flexibility index (Phi) is 3.65. The zero-order chi connectivity index (χ0) is 8.97. The zero-order valence-corrected chi connectivity index (χ0v) is 8.10. The highest BCUT2D eigenvalue weighted by Crippen LogP contribution is 2.11. The summed E-state index contributed by atoms with van der Waals surface area (Å²) in [5.41, 5.74) is 0.946. The minimum absolute atomic E-state index is 0.317. The van der Waals surface area contributed by atoms with Crippen molar-refractivity contribution >= 4 is 11.3 Å². The molecule has 1 rings (SSSR count). The molecule has 0 fully saturated rings. The van der Waals surface area contributed by atoms with E-state index in [0.717, 1.165) is 10.7 Å². The van der Waals surface area contributed by atoms with Crippen LogP contribution in [0, 0.1) is 0 Å². The number of aliphatic hydroxyl groups excluding tert-OH is 1. The fourth-order valence-corrected chi connectivity index (χ4v) is 1.71. The van der Waals surface area contributed by atoms with Gasteiger partial charge in [0, 0.05) is 18.9 Å². The first kappa shape index (κ1) is 9.64. The molecule has 0 aromatic carbocycles. The van der Waals surface area contributed by atoms with E-state index in [9.17, 15) is 0 Å². The average molecular weight is 187 g/mol. The van der Waals surface area contributed by atoms with E-state index in [4.69, 9.17) is 9.84 Å². The first-order valence-corrected chi connectivity index (χ1v) is 4.70. The lowest BCUT2D eigenvalue weighted by Crippen LogP contribution is -2.04. The summed E-state index contributed by atoms with van der Waals surface area (Å²) in [4.78, 5) is 4.27. The Hall–Kier alpha value is -0.450. The molecular formula is C8H13NO2S. The molecule has 1 N–H and O–H groups in total. The lowest BCUT2D eigenvalue weighted by atomic mass is 10.2. The number of ether oxygens (including phenoxy) is 1. The van der Waals surface area contributed by atoms with E-state index in [1.165, 1.54) is 0 Å². The molecule has 1 heterocycles. The summed E-state index contributed by atoms with van der Waals surface area (Å²) in [6.45, 7) is 2.32. The molecule has 0 radical (unpaired) electrons. The Morgan fingerprint density at radius 2 is 2.50 bits per heavy atom. The van der Waals surface area contributed by atoms with Crippen LogP contribution in [0.4, 0.5) is 0 Å². The van der Waals surface area contributed by atoms with Gasteiger partial charge >= 0.3 is 0 Å². The number of hydrogen-bond acceptors (Lipinski definition) is 4. The molecule has 0 aliphatic carbocycles. The Morgan fingerprint density at radius 3 is 3.08 bits per heavy atom. The van der Waals surface area contributed by atoms with Gasteiger partial charge < -0.3 is 9.84 Å². The fraction of sp³-hybridized carbons (Fsp3) is 0.625. The van der Waals surface area contributed by atoms with Gasteiger partial charge in [0.05, 0.1) is 18.4 Å². The maximum Gasteiger partial charge on any atom is 0.119 e. The van der Waals surface area contributed by atoms with Crippen LogP contribution < -0.4 is 0 Å². The summed E-state index contributed by atoms with van der Waals surface area (Å²) in [5, 5.41) is 12.0. The summed E-state index contributed by atoms with van der Waals surface area (Å²) in [6.07, 6.45) is 0.308. The van der Waals surface area contributed by atoms with E-state index in [2.05, 4.69) is 4.98 Å². The highest BCUT2D eigenvalue weighted by atomic mass is 32.1. The monoisotopic (exact) mass is 187 g/mol. The van der Waals surface area contributed by atoms with Crippen LogP contribution in [0.2, 0.25) is 0 Å². The summed E-state index contributed by atoms with van der Waals surface area (Å²) in [6, 6.07) is 0. The van der Waals surface area contributed by atoms with Gasteiger partial charge in [0.25, 0.3) is 0 Å². The Balaban J connectivity index is 2.52. The fourth-order valence-electron chi connectivity index (χ4n) is 0.935. The molecular weight excluding hydrogens is 174 g/mol. The highest BCUT2D eigenvalue weighted by Gasteiger charge is 2.03. The topological polar surface area (TPSA) is 42.4 Å². The van der Waals surface area contributed by atoms with Gasteiger partial charge in [-0.1, -0.05) is 0 Å². The third-order valence-electron chi connectivity index (χ3n) is 1.37. The van der Waals surface area contributed by atoms with Crippen LogP contribution in [0.3, 0.4) is 0 Å². The maximum absolute atomic E-state index is 9.08. The van der Waals surface area contributed by atoms with Crippen LogP contribution in [0.15, 0.2) is 5.38 Å². The molecule has 1 aromatic heterocycles. The molecule has 1 atom stereocenters. The van der Waals surface area contributed by atoms with Crippen LogP contribution in [-0.2, 0) is 17.8 Å². The van der Waals surface area contributed by atoms with Gasteiger partial charge in [-0.25, -0.2) is 4.98 Å². The van der Waals surface area contributed by atoms with Crippen molar-refractivity contribution in [1.82, 2.24) is 4.98 Å². The quantitative estimate of drug-likeness (QED) is 0.770. The lowest BCUT2D eigenvalue weighted by molar-refractivity contribution is 0.183. The zero-order valence-electron chi connectivity index (χ0n) is 7.28. The largest absolute Gasteiger partial charge is 0.393 e. The number of thiazole rings is 1. The standard InChI is InChI=1S/C8H13NO2S/c1-6(10)3-7-5-12-8(9-7)4-11-2/h5-6,10H,3-4H2,1-2H3. The maximum atomic E-state index is 9.08. The molecule has 68 valence electrons. The number of aliphatic hydroxyl groups is 1. The van der Waals surface area contributed by atoms with Crippen molar-refractivity contribution in [2.45, 2.75) is 26.1 Å². The second-order valence-corrected chi connectivity index (χ2v) is 3.66. The van der Waals surface area contributed by atoms with Crippen molar-refractivity contribution < 1.29 is 9.84 Å². The van der Waals surface area contributed by atoms with Crippen molar-refractivity contribution in [3.05, 3.63) is 16.1 Å². The molecule has 0 saturated heterocycles. The highest BCUT2D eigenvalue weighted by molar-refractivity contribution is 7.09. The second-order valence-electron chi connectivity index (χ2n) is 2.72. The first-order valence-electron chi connectivity index (χ1n) is 3.82. The lowest BCUT2D eigenvalue weighted by Gasteiger charge is -1.98. The summed E-state index contributed by atoms with van der Waals surface area (Å²) >= 11 is 1.57. The Labute approximate surface area is 76.0 Å². The van der Waals surface area contributed by atoms with Gasteiger partial charge in [0.2, 0.25) is 0 Å². The number of nitrogens with zero attached hydrogens (tertiary/aromatic N) is 1. The van der Waals surface area contributed by atoms with E-state index in [0.29, 0.717) is 13.0 Å². The minimum atomic E-state index is -0.317. The first-order chi connectivity index (χ1) is 5.72. The third-order valence-corrected chi connectivity index (χ3v) is 2.24. The van der Waals surface area contributed by atoms with Crippen molar-refractivity contribution in [3.63, 3.8) is 0 Å². The van der Waals surface area contributed by atoms with Gasteiger partial charge in [-0.05, 0) is 6.92 Å². The molecule has 0 aliphatic heterocycles. The van der Waals surface area contributed by atoms with Crippen LogP contribution >= 0.6 is 11.3 Å². The number of aromatic nitrogens is 1. The van der Waals surface area contributed by atoms with Crippen molar-refractivity contribution in [2.24, 2.45) is 0 Å². The van der Waals surface area contributed by atoms with Crippen molar-refractivity contribution in [3.8, 4) is 0 Å². The number of hydrogen-bond donors (Lipinski definition) is 1. The molecule has 0 bridgehead atoms. The van der Waals surface area contributed by atoms with Gasteiger partial charge in [0.15, 0.2) is 0 Å². The molecule has 0 saturated carbocycles. The summed E-state index contributed by atoms with van der Waals surface area (Å²) in [7, 11) is 1.65. The SMILES string of the molecule is COCc1nc(CC(C)O)cs1. The van der Waals surface area contributed by atoms with Crippen LogP contribution in [0.25, 0.3) is 0 Å². The smallest absolute Gasteiger partial charge is 0.119 e. The molecule has 0 spiro atoms. The average Bonchev–Trinajstić information content (AvgIpc) is 2.36. The van der Waals surface area contributed by atoms with E-state index in [1.807, 2.05) is 5.38 Å². The molecule has 1 aromatic rings. The van der Waals surface area contributed by atoms with Gasteiger partial charge in [-0.3, -0.25) is 0 Å². The van der Waals surface area contributed by atoms with Crippen molar-refractivity contribution in [1.29, 1.82) is 0 Å². The predicted molar refractivity (Wildman–Crippen MR) is 48.2 cm³/mol. The van der Waals surface area contributed by atoms with Gasteiger partial charge in [-0.2, -0.15) is 0 Å². The van der Waals surface area contributed by atoms with E-state index >= 15 is 0 Å². The molecule has 12 heavy (non-hydrogen) atoms. The predicted octanol–water partition coefficient (Wildman–Crippen LogP) is 1.21. The van der Waals surface area contributed by atoms with E-state index in [1.54, 1.807) is 25.4 Å². The van der Waals surface area contributed by atoms with Crippen molar-refractivity contribution in [2.75, 3.05) is 7.11 Å².